The zero-order valence-corrected chi connectivity index (χ0v) is 12.4. The normalized spacial score (nSPS) is 10.8. The fraction of sp³-hybridized carbons (Fsp3) is 0.200. The molecule has 2 aromatic heterocycles. The highest BCUT2D eigenvalue weighted by Crippen LogP contribution is 2.33. The quantitative estimate of drug-likeness (QED) is 0.734. The highest BCUT2D eigenvalue weighted by molar-refractivity contribution is 7.17. The van der Waals surface area contributed by atoms with Crippen molar-refractivity contribution in [3.63, 3.8) is 0 Å². The number of aryl methyl sites for hydroxylation is 1. The standard InChI is InChI=1S/C15H15N3OS/c1-10-8-20-15-13(10)14(16-9-17-15)18(2)11-4-6-12(19-3)7-5-11/h4-9H,1-3H3. The van der Waals surface area contributed by atoms with Crippen molar-refractivity contribution in [1.29, 1.82) is 0 Å². The maximum Gasteiger partial charge on any atom is 0.145 e. The molecule has 102 valence electrons. The number of hydrogen-bond donors (Lipinski definition) is 0. The Bertz CT molecular complexity index is 736. The lowest BCUT2D eigenvalue weighted by Crippen LogP contribution is -2.11. The van der Waals surface area contributed by atoms with E-state index in [1.54, 1.807) is 24.8 Å². The van der Waals surface area contributed by atoms with Crippen LogP contribution >= 0.6 is 11.3 Å². The Kier molecular flexibility index (Phi) is 3.28. The van der Waals surface area contributed by atoms with Crippen LogP contribution in [0.2, 0.25) is 0 Å². The first-order valence-corrected chi connectivity index (χ1v) is 7.15. The fourth-order valence-corrected chi connectivity index (χ4v) is 3.07. The average Bonchev–Trinajstić information content (AvgIpc) is 2.88. The maximum absolute atomic E-state index is 5.19. The Labute approximate surface area is 121 Å². The first kappa shape index (κ1) is 12.9. The molecule has 3 rings (SSSR count). The van der Waals surface area contributed by atoms with Gasteiger partial charge in [-0.2, -0.15) is 0 Å². The van der Waals surface area contributed by atoms with E-state index >= 15 is 0 Å². The van der Waals surface area contributed by atoms with Crippen LogP contribution in [0.3, 0.4) is 0 Å². The summed E-state index contributed by atoms with van der Waals surface area (Å²) < 4.78 is 5.19. The lowest BCUT2D eigenvalue weighted by Gasteiger charge is -2.19. The highest BCUT2D eigenvalue weighted by Gasteiger charge is 2.13. The van der Waals surface area contributed by atoms with Crippen molar-refractivity contribution in [2.45, 2.75) is 6.92 Å². The van der Waals surface area contributed by atoms with Crippen molar-refractivity contribution < 1.29 is 4.74 Å². The summed E-state index contributed by atoms with van der Waals surface area (Å²) in [4.78, 5) is 11.9. The third-order valence-corrected chi connectivity index (χ3v) is 4.32. The van der Waals surface area contributed by atoms with Gasteiger partial charge in [-0.3, -0.25) is 0 Å². The van der Waals surface area contributed by atoms with Gasteiger partial charge in [0.1, 0.15) is 22.7 Å². The predicted molar refractivity (Wildman–Crippen MR) is 83.2 cm³/mol. The van der Waals surface area contributed by atoms with Gasteiger partial charge in [-0.15, -0.1) is 11.3 Å². The van der Waals surface area contributed by atoms with Gasteiger partial charge in [-0.1, -0.05) is 0 Å². The molecule has 3 aromatic rings. The lowest BCUT2D eigenvalue weighted by atomic mass is 10.2. The molecular weight excluding hydrogens is 270 g/mol. The SMILES string of the molecule is COc1ccc(N(C)c2ncnc3scc(C)c23)cc1. The Morgan fingerprint density at radius 3 is 2.60 bits per heavy atom. The fourth-order valence-electron chi connectivity index (χ4n) is 2.18. The van der Waals surface area contributed by atoms with Crippen LogP contribution < -0.4 is 9.64 Å². The molecule has 0 saturated heterocycles. The molecule has 0 bridgehead atoms. The zero-order chi connectivity index (χ0) is 14.1. The van der Waals surface area contributed by atoms with Crippen molar-refractivity contribution in [1.82, 2.24) is 9.97 Å². The van der Waals surface area contributed by atoms with Gasteiger partial charge >= 0.3 is 0 Å². The average molecular weight is 285 g/mol. The minimum absolute atomic E-state index is 0.849. The van der Waals surface area contributed by atoms with Crippen molar-refractivity contribution >= 4 is 33.1 Å². The molecule has 0 aliphatic rings. The minimum Gasteiger partial charge on any atom is -0.497 e. The van der Waals surface area contributed by atoms with E-state index in [0.29, 0.717) is 0 Å². The third kappa shape index (κ3) is 2.10. The van der Waals surface area contributed by atoms with Crippen LogP contribution in [0.1, 0.15) is 5.56 Å². The van der Waals surface area contributed by atoms with Crippen molar-refractivity contribution in [2.24, 2.45) is 0 Å². The van der Waals surface area contributed by atoms with Gasteiger partial charge in [0.25, 0.3) is 0 Å². The molecule has 0 saturated carbocycles. The van der Waals surface area contributed by atoms with Crippen molar-refractivity contribution in [2.75, 3.05) is 19.1 Å². The second kappa shape index (κ2) is 5.09. The smallest absolute Gasteiger partial charge is 0.145 e. The number of nitrogens with zero attached hydrogens (tertiary/aromatic N) is 3. The first-order chi connectivity index (χ1) is 9.70. The van der Waals surface area contributed by atoms with Gasteiger partial charge in [0.05, 0.1) is 12.5 Å². The lowest BCUT2D eigenvalue weighted by molar-refractivity contribution is 0.415. The van der Waals surface area contributed by atoms with Gasteiger partial charge < -0.3 is 9.64 Å². The van der Waals surface area contributed by atoms with E-state index in [0.717, 1.165) is 27.5 Å². The van der Waals surface area contributed by atoms with E-state index in [-0.39, 0.29) is 0 Å². The third-order valence-electron chi connectivity index (χ3n) is 3.31. The van der Waals surface area contributed by atoms with Gasteiger partial charge in [0.15, 0.2) is 0 Å². The molecule has 0 atom stereocenters. The largest absolute Gasteiger partial charge is 0.497 e. The van der Waals surface area contributed by atoms with Crippen LogP contribution in [-0.2, 0) is 0 Å². The molecule has 2 heterocycles. The first-order valence-electron chi connectivity index (χ1n) is 6.27. The molecule has 5 heteroatoms. The Hall–Kier alpha value is -2.14. The number of hydrogen-bond acceptors (Lipinski definition) is 5. The van der Waals surface area contributed by atoms with Crippen LogP contribution in [0.4, 0.5) is 11.5 Å². The van der Waals surface area contributed by atoms with Crippen LogP contribution in [0.5, 0.6) is 5.75 Å². The number of rotatable bonds is 3. The van der Waals surface area contributed by atoms with Crippen molar-refractivity contribution in [3.05, 3.63) is 41.5 Å². The zero-order valence-electron chi connectivity index (χ0n) is 11.6. The Morgan fingerprint density at radius 2 is 1.90 bits per heavy atom. The topological polar surface area (TPSA) is 38.2 Å². The number of aromatic nitrogens is 2. The summed E-state index contributed by atoms with van der Waals surface area (Å²) in [7, 11) is 3.68. The highest BCUT2D eigenvalue weighted by atomic mass is 32.1. The summed E-state index contributed by atoms with van der Waals surface area (Å²) in [6.45, 7) is 2.09. The summed E-state index contributed by atoms with van der Waals surface area (Å²) in [6, 6.07) is 7.94. The van der Waals surface area contributed by atoms with Gasteiger partial charge in [0.2, 0.25) is 0 Å². The Morgan fingerprint density at radius 1 is 1.15 bits per heavy atom. The molecule has 0 aliphatic carbocycles. The maximum atomic E-state index is 5.19. The van der Waals surface area contributed by atoms with Crippen LogP contribution in [-0.4, -0.2) is 24.1 Å². The second-order valence-electron chi connectivity index (χ2n) is 4.55. The molecule has 0 amide bonds. The number of anilines is 2. The van der Waals surface area contributed by atoms with Crippen LogP contribution in [0, 0.1) is 6.92 Å². The summed E-state index contributed by atoms with van der Waals surface area (Å²) in [5, 5.41) is 3.24. The molecule has 1 aromatic carbocycles. The summed E-state index contributed by atoms with van der Waals surface area (Å²) >= 11 is 1.65. The van der Waals surface area contributed by atoms with Crippen LogP contribution in [0.25, 0.3) is 10.2 Å². The van der Waals surface area contributed by atoms with Crippen molar-refractivity contribution in [3.8, 4) is 5.75 Å². The Balaban J connectivity index is 2.07. The van der Waals surface area contributed by atoms with Crippen LogP contribution in [0.15, 0.2) is 36.0 Å². The molecule has 4 nitrogen and oxygen atoms in total. The summed E-state index contributed by atoms with van der Waals surface area (Å²) in [5.74, 6) is 1.78. The molecule has 0 radical (unpaired) electrons. The predicted octanol–water partition coefficient (Wildman–Crippen LogP) is 3.78. The van der Waals surface area contributed by atoms with Gasteiger partial charge in [-0.05, 0) is 42.1 Å². The van der Waals surface area contributed by atoms with Gasteiger partial charge in [0, 0.05) is 12.7 Å². The molecule has 0 N–H and O–H groups in total. The molecule has 20 heavy (non-hydrogen) atoms. The number of fused-ring (bicyclic) bond motifs is 1. The van der Waals surface area contributed by atoms with E-state index in [2.05, 4.69) is 27.2 Å². The molecule has 0 unspecified atom stereocenters. The van der Waals surface area contributed by atoms with Gasteiger partial charge in [-0.25, -0.2) is 9.97 Å². The summed E-state index contributed by atoms with van der Waals surface area (Å²) in [6.07, 6.45) is 1.62. The number of ether oxygens (including phenoxy) is 1. The van der Waals surface area contributed by atoms with E-state index < -0.39 is 0 Å². The number of benzene rings is 1. The summed E-state index contributed by atoms with van der Waals surface area (Å²) in [5.41, 5.74) is 2.28. The number of thiophene rings is 1. The minimum atomic E-state index is 0.849. The van der Waals surface area contributed by atoms with E-state index in [9.17, 15) is 0 Å². The number of methoxy groups -OCH3 is 1. The molecule has 0 aliphatic heterocycles. The molecule has 0 fully saturated rings. The second-order valence-corrected chi connectivity index (χ2v) is 5.41. The monoisotopic (exact) mass is 285 g/mol. The molecule has 0 spiro atoms. The van der Waals surface area contributed by atoms with E-state index in [4.69, 9.17) is 4.74 Å². The molecular formula is C15H15N3OS. The van der Waals surface area contributed by atoms with E-state index in [1.165, 1.54) is 5.56 Å². The van der Waals surface area contributed by atoms with E-state index in [1.807, 2.05) is 31.3 Å².